The van der Waals surface area contributed by atoms with Crippen LogP contribution in [0.4, 0.5) is 5.82 Å². The zero-order valence-electron chi connectivity index (χ0n) is 13.0. The van der Waals surface area contributed by atoms with Crippen molar-refractivity contribution in [1.29, 1.82) is 0 Å². The molecule has 2 heterocycles. The highest BCUT2D eigenvalue weighted by Crippen LogP contribution is 2.20. The van der Waals surface area contributed by atoms with Crippen LogP contribution in [-0.4, -0.2) is 21.1 Å². The van der Waals surface area contributed by atoms with E-state index >= 15 is 0 Å². The number of nitrogens with one attached hydrogen (secondary N) is 1. The highest BCUT2D eigenvalue weighted by Gasteiger charge is 2.11. The van der Waals surface area contributed by atoms with Crippen LogP contribution < -0.4 is 5.32 Å². The average Bonchev–Trinajstić information content (AvgIpc) is 3.05. The van der Waals surface area contributed by atoms with Gasteiger partial charge in [-0.3, -0.25) is 4.79 Å². The Morgan fingerprint density at radius 2 is 2.00 bits per heavy atom. The quantitative estimate of drug-likeness (QED) is 0.765. The summed E-state index contributed by atoms with van der Waals surface area (Å²) in [6, 6.07) is 10.8. The van der Waals surface area contributed by atoms with Crippen LogP contribution in [0.5, 0.6) is 0 Å². The predicted octanol–water partition coefficient (Wildman–Crippen LogP) is 3.66. The lowest BCUT2D eigenvalue weighted by Gasteiger charge is -2.05. The Morgan fingerprint density at radius 1 is 1.21 bits per heavy atom. The number of aromatic nitrogens is 3. The first-order valence-corrected chi connectivity index (χ1v) is 7.79. The Balaban J connectivity index is 1.58. The van der Waals surface area contributed by atoms with Gasteiger partial charge in [0.05, 0.1) is 0 Å². The number of halogens is 1. The SMILES string of the molecule is Cc1cccnc1NC(=O)CCc1nnc(-c2ccc(Cl)cc2)o1. The molecule has 0 saturated heterocycles. The Hall–Kier alpha value is -2.73. The van der Waals surface area contributed by atoms with Gasteiger partial charge in [0.1, 0.15) is 5.82 Å². The maximum absolute atomic E-state index is 12.0. The monoisotopic (exact) mass is 342 g/mol. The van der Waals surface area contributed by atoms with Gasteiger partial charge in [0, 0.05) is 29.6 Å². The second-order valence-electron chi connectivity index (χ2n) is 5.22. The molecule has 24 heavy (non-hydrogen) atoms. The van der Waals surface area contributed by atoms with Crippen LogP contribution in [0.1, 0.15) is 17.9 Å². The predicted molar refractivity (Wildman–Crippen MR) is 90.7 cm³/mol. The normalized spacial score (nSPS) is 10.6. The average molecular weight is 343 g/mol. The number of carbonyl (C=O) groups is 1. The summed E-state index contributed by atoms with van der Waals surface area (Å²) in [5.41, 5.74) is 1.69. The molecule has 1 amide bonds. The number of pyridine rings is 1. The molecule has 1 aromatic carbocycles. The molecule has 0 aliphatic rings. The van der Waals surface area contributed by atoms with Crippen LogP contribution in [-0.2, 0) is 11.2 Å². The van der Waals surface area contributed by atoms with Gasteiger partial charge < -0.3 is 9.73 Å². The van der Waals surface area contributed by atoms with Gasteiger partial charge in [-0.2, -0.15) is 0 Å². The van der Waals surface area contributed by atoms with E-state index in [0.717, 1.165) is 11.1 Å². The largest absolute Gasteiger partial charge is 0.421 e. The number of rotatable bonds is 5. The van der Waals surface area contributed by atoms with E-state index in [4.69, 9.17) is 16.0 Å². The topological polar surface area (TPSA) is 80.9 Å². The Bertz CT molecular complexity index is 846. The number of hydrogen-bond donors (Lipinski definition) is 1. The summed E-state index contributed by atoms with van der Waals surface area (Å²) in [5, 5.41) is 11.4. The molecule has 6 nitrogen and oxygen atoms in total. The summed E-state index contributed by atoms with van der Waals surface area (Å²) in [7, 11) is 0. The maximum atomic E-state index is 12.0. The first-order valence-electron chi connectivity index (χ1n) is 7.41. The van der Waals surface area contributed by atoms with Crippen molar-refractivity contribution in [3.8, 4) is 11.5 Å². The van der Waals surface area contributed by atoms with Crippen LogP contribution in [0.15, 0.2) is 47.0 Å². The highest BCUT2D eigenvalue weighted by atomic mass is 35.5. The highest BCUT2D eigenvalue weighted by molar-refractivity contribution is 6.30. The van der Waals surface area contributed by atoms with Crippen molar-refractivity contribution in [3.05, 3.63) is 59.1 Å². The van der Waals surface area contributed by atoms with E-state index in [1.54, 1.807) is 30.5 Å². The Labute approximate surface area is 143 Å². The van der Waals surface area contributed by atoms with Crippen LogP contribution in [0.25, 0.3) is 11.5 Å². The summed E-state index contributed by atoms with van der Waals surface area (Å²) in [4.78, 5) is 16.1. The fraction of sp³-hybridized carbons (Fsp3) is 0.176. The van der Waals surface area contributed by atoms with Crippen LogP contribution in [0, 0.1) is 6.92 Å². The standard InChI is InChI=1S/C17H15ClN4O2/c1-11-3-2-10-19-16(11)20-14(23)8-9-15-21-22-17(24-15)12-4-6-13(18)7-5-12/h2-7,10H,8-9H2,1H3,(H,19,20,23). The molecule has 0 spiro atoms. The molecule has 7 heteroatoms. The third-order valence-corrected chi connectivity index (χ3v) is 3.64. The Morgan fingerprint density at radius 3 is 2.75 bits per heavy atom. The van der Waals surface area contributed by atoms with Gasteiger partial charge in [0.2, 0.25) is 17.7 Å². The van der Waals surface area contributed by atoms with Crippen molar-refractivity contribution in [2.75, 3.05) is 5.32 Å². The lowest BCUT2D eigenvalue weighted by molar-refractivity contribution is -0.116. The first kappa shape index (κ1) is 16.1. The summed E-state index contributed by atoms with van der Waals surface area (Å²) in [5.74, 6) is 1.23. The Kier molecular flexibility index (Phi) is 4.86. The lowest BCUT2D eigenvalue weighted by atomic mass is 10.2. The van der Waals surface area contributed by atoms with Crippen LogP contribution in [0.3, 0.4) is 0 Å². The zero-order valence-corrected chi connectivity index (χ0v) is 13.7. The van der Waals surface area contributed by atoms with Gasteiger partial charge in [-0.15, -0.1) is 10.2 Å². The second kappa shape index (κ2) is 7.23. The van der Waals surface area contributed by atoms with Crippen molar-refractivity contribution in [1.82, 2.24) is 15.2 Å². The molecular formula is C17H15ClN4O2. The molecule has 122 valence electrons. The smallest absolute Gasteiger partial charge is 0.247 e. The maximum Gasteiger partial charge on any atom is 0.247 e. The summed E-state index contributed by atoms with van der Waals surface area (Å²) in [6.07, 6.45) is 2.23. The number of carbonyl (C=O) groups excluding carboxylic acids is 1. The molecule has 1 N–H and O–H groups in total. The summed E-state index contributed by atoms with van der Waals surface area (Å²) < 4.78 is 5.57. The van der Waals surface area contributed by atoms with E-state index in [2.05, 4.69) is 20.5 Å². The molecule has 0 bridgehead atoms. The number of amides is 1. The number of benzene rings is 1. The van der Waals surface area contributed by atoms with Crippen LogP contribution in [0.2, 0.25) is 5.02 Å². The molecule has 0 radical (unpaired) electrons. The molecule has 3 rings (SSSR count). The van der Waals surface area contributed by atoms with Gasteiger partial charge in [0.25, 0.3) is 0 Å². The van der Waals surface area contributed by atoms with Crippen LogP contribution >= 0.6 is 11.6 Å². The molecular weight excluding hydrogens is 328 g/mol. The third kappa shape index (κ3) is 3.97. The third-order valence-electron chi connectivity index (χ3n) is 3.39. The minimum Gasteiger partial charge on any atom is -0.421 e. The van der Waals surface area contributed by atoms with E-state index < -0.39 is 0 Å². The molecule has 0 aliphatic heterocycles. The first-order chi connectivity index (χ1) is 11.6. The fourth-order valence-corrected chi connectivity index (χ4v) is 2.22. The van der Waals surface area contributed by atoms with Gasteiger partial charge in [0.15, 0.2) is 0 Å². The van der Waals surface area contributed by atoms with Gasteiger partial charge >= 0.3 is 0 Å². The molecule has 0 atom stereocenters. The molecule has 0 unspecified atom stereocenters. The molecule has 0 saturated carbocycles. The minimum absolute atomic E-state index is 0.150. The minimum atomic E-state index is -0.150. The van der Waals surface area contributed by atoms with E-state index in [-0.39, 0.29) is 12.3 Å². The van der Waals surface area contributed by atoms with Crippen molar-refractivity contribution in [2.24, 2.45) is 0 Å². The van der Waals surface area contributed by atoms with E-state index in [1.165, 1.54) is 0 Å². The molecule has 2 aromatic heterocycles. The number of hydrogen-bond acceptors (Lipinski definition) is 5. The molecule has 0 aliphatic carbocycles. The number of anilines is 1. The molecule has 3 aromatic rings. The van der Waals surface area contributed by atoms with Crippen molar-refractivity contribution < 1.29 is 9.21 Å². The number of nitrogens with zero attached hydrogens (tertiary/aromatic N) is 3. The zero-order chi connectivity index (χ0) is 16.9. The van der Waals surface area contributed by atoms with Gasteiger partial charge in [-0.05, 0) is 42.8 Å². The summed E-state index contributed by atoms with van der Waals surface area (Å²) >= 11 is 5.85. The molecule has 0 fully saturated rings. The number of aryl methyl sites for hydroxylation is 2. The van der Waals surface area contributed by atoms with E-state index in [9.17, 15) is 4.79 Å². The lowest BCUT2D eigenvalue weighted by Crippen LogP contribution is -2.14. The van der Waals surface area contributed by atoms with Crippen molar-refractivity contribution in [2.45, 2.75) is 19.8 Å². The summed E-state index contributed by atoms with van der Waals surface area (Å²) in [6.45, 7) is 1.89. The van der Waals surface area contributed by atoms with Gasteiger partial charge in [-0.1, -0.05) is 17.7 Å². The van der Waals surface area contributed by atoms with Crippen molar-refractivity contribution >= 4 is 23.3 Å². The van der Waals surface area contributed by atoms with Gasteiger partial charge in [-0.25, -0.2) is 4.98 Å². The van der Waals surface area contributed by atoms with E-state index in [0.29, 0.717) is 29.0 Å². The van der Waals surface area contributed by atoms with Crippen molar-refractivity contribution in [3.63, 3.8) is 0 Å². The fourth-order valence-electron chi connectivity index (χ4n) is 2.10. The second-order valence-corrected chi connectivity index (χ2v) is 5.66. The van der Waals surface area contributed by atoms with E-state index in [1.807, 2.05) is 19.1 Å².